The van der Waals surface area contributed by atoms with Gasteiger partial charge < -0.3 is 5.32 Å². The Bertz CT molecular complexity index is 548. The van der Waals surface area contributed by atoms with Gasteiger partial charge in [0.25, 0.3) is 0 Å². The van der Waals surface area contributed by atoms with Gasteiger partial charge in [-0.3, -0.25) is 4.79 Å². The third kappa shape index (κ3) is 2.56. The summed E-state index contributed by atoms with van der Waals surface area (Å²) < 4.78 is 12.8. The number of carbonyl (C=O) groups excluding carboxylic acids is 1. The van der Waals surface area contributed by atoms with Crippen LogP contribution >= 0.6 is 11.3 Å². The molecule has 0 aliphatic rings. The van der Waals surface area contributed by atoms with Crippen LogP contribution in [0, 0.1) is 5.82 Å². The van der Waals surface area contributed by atoms with Crippen molar-refractivity contribution in [2.45, 2.75) is 19.4 Å². The minimum Gasteiger partial charge on any atom is -0.348 e. The number of nitrogens with one attached hydrogen (secondary N) is 1. The predicted molar refractivity (Wildman–Crippen MR) is 69.7 cm³/mol. The number of nitrogens with zero attached hydrogens (tertiary/aromatic N) is 1. The monoisotopic (exact) mass is 264 g/mol. The summed E-state index contributed by atoms with van der Waals surface area (Å²) in [5.41, 5.74) is 1.16. The molecule has 1 aromatic carbocycles. The fraction of sp³-hybridized carbons (Fsp3) is 0.231. The first-order valence-electron chi connectivity index (χ1n) is 5.46. The standard InChI is InChI=1S/C13H13FN2OS/c1-13(2,15-8-17)11-7-18-12(16-11)9-3-5-10(14)6-4-9/h3-8H,1-2H3,(H,15,17). The number of rotatable bonds is 4. The fourth-order valence-electron chi connectivity index (χ4n) is 1.51. The Morgan fingerprint density at radius 2 is 2.00 bits per heavy atom. The lowest BCUT2D eigenvalue weighted by molar-refractivity contribution is -0.111. The van der Waals surface area contributed by atoms with Crippen molar-refractivity contribution >= 4 is 17.7 Å². The van der Waals surface area contributed by atoms with Crippen LogP contribution in [0.15, 0.2) is 29.6 Å². The first kappa shape index (κ1) is 12.7. The number of benzene rings is 1. The third-order valence-electron chi connectivity index (χ3n) is 2.66. The SMILES string of the molecule is CC(C)(NC=O)c1csc(-c2ccc(F)cc2)n1. The van der Waals surface area contributed by atoms with Gasteiger partial charge in [0.05, 0.1) is 11.2 Å². The minimum absolute atomic E-state index is 0.265. The van der Waals surface area contributed by atoms with E-state index in [1.807, 2.05) is 19.2 Å². The number of carbonyl (C=O) groups is 1. The molecule has 0 fully saturated rings. The van der Waals surface area contributed by atoms with Gasteiger partial charge in [0.1, 0.15) is 10.8 Å². The highest BCUT2D eigenvalue weighted by Gasteiger charge is 2.22. The second kappa shape index (κ2) is 4.86. The molecule has 2 rings (SSSR count). The molecule has 1 heterocycles. The lowest BCUT2D eigenvalue weighted by Crippen LogP contribution is -2.35. The van der Waals surface area contributed by atoms with Crippen LogP contribution in [-0.2, 0) is 10.3 Å². The van der Waals surface area contributed by atoms with Crippen molar-refractivity contribution in [1.29, 1.82) is 0 Å². The van der Waals surface area contributed by atoms with Crippen molar-refractivity contribution in [1.82, 2.24) is 10.3 Å². The van der Waals surface area contributed by atoms with E-state index in [0.29, 0.717) is 6.41 Å². The summed E-state index contributed by atoms with van der Waals surface area (Å²) in [6.45, 7) is 3.76. The zero-order valence-electron chi connectivity index (χ0n) is 10.1. The average molecular weight is 264 g/mol. The summed E-state index contributed by atoms with van der Waals surface area (Å²) in [6, 6.07) is 6.20. The largest absolute Gasteiger partial charge is 0.348 e. The molecular weight excluding hydrogens is 251 g/mol. The van der Waals surface area contributed by atoms with E-state index in [-0.39, 0.29) is 5.82 Å². The molecule has 0 bridgehead atoms. The van der Waals surface area contributed by atoms with Crippen LogP contribution in [0.4, 0.5) is 4.39 Å². The summed E-state index contributed by atoms with van der Waals surface area (Å²) in [5.74, 6) is -0.265. The first-order chi connectivity index (χ1) is 8.53. The molecule has 0 saturated heterocycles. The predicted octanol–water partition coefficient (Wildman–Crippen LogP) is 2.93. The molecule has 94 valence electrons. The van der Waals surface area contributed by atoms with Crippen LogP contribution in [0.2, 0.25) is 0 Å². The Balaban J connectivity index is 2.30. The molecule has 0 spiro atoms. The number of amides is 1. The van der Waals surface area contributed by atoms with Crippen LogP contribution in [0.1, 0.15) is 19.5 Å². The summed E-state index contributed by atoms with van der Waals surface area (Å²) in [6.07, 6.45) is 0.664. The molecule has 0 unspecified atom stereocenters. The Morgan fingerprint density at radius 1 is 1.33 bits per heavy atom. The molecule has 1 amide bonds. The average Bonchev–Trinajstić information content (AvgIpc) is 2.80. The summed E-state index contributed by atoms with van der Waals surface area (Å²) in [5, 5.41) is 5.42. The lowest BCUT2D eigenvalue weighted by Gasteiger charge is -2.21. The van der Waals surface area contributed by atoms with Gasteiger partial charge in [-0.1, -0.05) is 0 Å². The fourth-order valence-corrected chi connectivity index (χ4v) is 2.50. The molecule has 1 aromatic heterocycles. The number of hydrogen-bond donors (Lipinski definition) is 1. The molecule has 1 N–H and O–H groups in total. The van der Waals surface area contributed by atoms with Crippen molar-refractivity contribution in [2.75, 3.05) is 0 Å². The van der Waals surface area contributed by atoms with Crippen molar-refractivity contribution in [3.05, 3.63) is 41.2 Å². The van der Waals surface area contributed by atoms with E-state index >= 15 is 0 Å². The van der Waals surface area contributed by atoms with Gasteiger partial charge in [-0.2, -0.15) is 0 Å². The highest BCUT2D eigenvalue weighted by atomic mass is 32.1. The van der Waals surface area contributed by atoms with Crippen LogP contribution in [0.25, 0.3) is 10.6 Å². The highest BCUT2D eigenvalue weighted by molar-refractivity contribution is 7.13. The Hall–Kier alpha value is -1.75. The Kier molecular flexibility index (Phi) is 3.43. The molecular formula is C13H13FN2OS. The van der Waals surface area contributed by atoms with E-state index in [2.05, 4.69) is 10.3 Å². The zero-order valence-corrected chi connectivity index (χ0v) is 10.9. The van der Waals surface area contributed by atoms with E-state index in [1.165, 1.54) is 23.5 Å². The van der Waals surface area contributed by atoms with Gasteiger partial charge in [-0.25, -0.2) is 9.37 Å². The Morgan fingerprint density at radius 3 is 2.61 bits per heavy atom. The lowest BCUT2D eigenvalue weighted by atomic mass is 10.0. The van der Waals surface area contributed by atoms with Crippen molar-refractivity contribution in [2.24, 2.45) is 0 Å². The van der Waals surface area contributed by atoms with E-state index in [1.54, 1.807) is 12.1 Å². The second-order valence-corrected chi connectivity index (χ2v) is 5.29. The number of thiazole rings is 1. The molecule has 0 radical (unpaired) electrons. The highest BCUT2D eigenvalue weighted by Crippen LogP contribution is 2.28. The van der Waals surface area contributed by atoms with Crippen molar-refractivity contribution in [3.63, 3.8) is 0 Å². The molecule has 0 saturated carbocycles. The van der Waals surface area contributed by atoms with Crippen LogP contribution in [0.5, 0.6) is 0 Å². The topological polar surface area (TPSA) is 42.0 Å². The van der Waals surface area contributed by atoms with Gasteiger partial charge in [-0.05, 0) is 38.1 Å². The molecule has 0 atom stereocenters. The number of hydrogen-bond acceptors (Lipinski definition) is 3. The van der Waals surface area contributed by atoms with E-state index < -0.39 is 5.54 Å². The van der Waals surface area contributed by atoms with Crippen molar-refractivity contribution < 1.29 is 9.18 Å². The number of halogens is 1. The zero-order chi connectivity index (χ0) is 13.2. The summed E-state index contributed by atoms with van der Waals surface area (Å²) >= 11 is 1.47. The normalized spacial score (nSPS) is 11.3. The smallest absolute Gasteiger partial charge is 0.207 e. The van der Waals surface area contributed by atoms with E-state index in [9.17, 15) is 9.18 Å². The maximum Gasteiger partial charge on any atom is 0.207 e. The van der Waals surface area contributed by atoms with E-state index in [4.69, 9.17) is 0 Å². The quantitative estimate of drug-likeness (QED) is 0.863. The Labute approximate surface area is 109 Å². The van der Waals surface area contributed by atoms with Gasteiger partial charge >= 0.3 is 0 Å². The molecule has 0 aliphatic heterocycles. The third-order valence-corrected chi connectivity index (χ3v) is 3.55. The van der Waals surface area contributed by atoms with Gasteiger partial charge in [0.2, 0.25) is 6.41 Å². The molecule has 3 nitrogen and oxygen atoms in total. The van der Waals surface area contributed by atoms with Crippen molar-refractivity contribution in [3.8, 4) is 10.6 Å². The maximum absolute atomic E-state index is 12.8. The second-order valence-electron chi connectivity index (χ2n) is 4.43. The maximum atomic E-state index is 12.8. The van der Waals surface area contributed by atoms with Crippen LogP contribution in [0.3, 0.4) is 0 Å². The van der Waals surface area contributed by atoms with E-state index in [0.717, 1.165) is 16.3 Å². The molecule has 0 aliphatic carbocycles. The van der Waals surface area contributed by atoms with Crippen LogP contribution < -0.4 is 5.32 Å². The van der Waals surface area contributed by atoms with Gasteiger partial charge in [0, 0.05) is 10.9 Å². The number of aromatic nitrogens is 1. The van der Waals surface area contributed by atoms with Gasteiger partial charge in [-0.15, -0.1) is 11.3 Å². The molecule has 5 heteroatoms. The summed E-state index contributed by atoms with van der Waals surface area (Å²) in [7, 11) is 0. The molecule has 2 aromatic rings. The minimum atomic E-state index is -0.503. The van der Waals surface area contributed by atoms with Crippen LogP contribution in [-0.4, -0.2) is 11.4 Å². The summed E-state index contributed by atoms with van der Waals surface area (Å²) in [4.78, 5) is 15.0. The first-order valence-corrected chi connectivity index (χ1v) is 6.34. The molecule has 18 heavy (non-hydrogen) atoms. The van der Waals surface area contributed by atoms with Gasteiger partial charge in [0.15, 0.2) is 0 Å².